The van der Waals surface area contributed by atoms with Crippen LogP contribution in [0, 0.1) is 0 Å². The normalized spacial score (nSPS) is 14.0. The van der Waals surface area contributed by atoms with Crippen molar-refractivity contribution in [2.24, 2.45) is 0 Å². The van der Waals surface area contributed by atoms with Crippen molar-refractivity contribution >= 4 is 46.9 Å². The summed E-state index contributed by atoms with van der Waals surface area (Å²) in [5, 5.41) is 10.2. The number of nitrogens with one attached hydrogen (secondary N) is 1. The lowest BCUT2D eigenvalue weighted by Gasteiger charge is -2.18. The molecule has 5 amide bonds. The molecule has 1 saturated heterocycles. The quantitative estimate of drug-likeness (QED) is 0.791. The Kier molecular flexibility index (Phi) is 6.80. The Labute approximate surface area is 143 Å². The van der Waals surface area contributed by atoms with E-state index in [9.17, 15) is 14.4 Å². The number of imide groups is 2. The second kappa shape index (κ2) is 8.14. The molecule has 1 aliphatic rings. The van der Waals surface area contributed by atoms with Crippen LogP contribution in [0.1, 0.15) is 13.8 Å². The number of carbonyl (C=O) groups is 3. The highest BCUT2D eigenvalue weighted by Crippen LogP contribution is 2.28. The first-order valence-electron chi connectivity index (χ1n) is 6.65. The predicted octanol–water partition coefficient (Wildman–Crippen LogP) is 2.49. The molecule has 0 saturated carbocycles. The topological polar surface area (TPSA) is 90.0 Å². The minimum Gasteiger partial charge on any atom is -0.400 e. The van der Waals surface area contributed by atoms with Crippen LogP contribution in [0.2, 0.25) is 10.0 Å². The van der Waals surface area contributed by atoms with E-state index in [4.69, 9.17) is 28.3 Å². The highest BCUT2D eigenvalue weighted by Gasteiger charge is 2.41. The number of rotatable bonds is 2. The number of nitrogens with zero attached hydrogens (tertiary/aromatic N) is 2. The summed E-state index contributed by atoms with van der Waals surface area (Å²) in [5.74, 6) is -0.516. The average Bonchev–Trinajstić information content (AvgIpc) is 2.74. The van der Waals surface area contributed by atoms with E-state index < -0.39 is 18.0 Å². The van der Waals surface area contributed by atoms with Crippen molar-refractivity contribution < 1.29 is 19.5 Å². The summed E-state index contributed by atoms with van der Waals surface area (Å²) >= 11 is 11.7. The summed E-state index contributed by atoms with van der Waals surface area (Å²) in [4.78, 5) is 37.9. The standard InChI is InChI=1S/C13H13Cl2N3O3.CH4O/c1-7(2)16-12(20)17-6-11(19)18(13(17)21)10-4-8(14)3-9(15)5-10;1-2/h3-5,7H,6H2,1-2H3,(H,16,20);2H,1H3. The fourth-order valence-electron chi connectivity index (χ4n) is 1.91. The molecule has 1 aliphatic heterocycles. The minimum absolute atomic E-state index is 0.143. The van der Waals surface area contributed by atoms with E-state index in [1.54, 1.807) is 13.8 Å². The first-order valence-corrected chi connectivity index (χ1v) is 7.41. The zero-order chi connectivity index (χ0) is 17.7. The number of hydrogen-bond acceptors (Lipinski definition) is 4. The van der Waals surface area contributed by atoms with Gasteiger partial charge in [-0.1, -0.05) is 23.2 Å². The molecular formula is C14H17Cl2N3O4. The molecule has 0 atom stereocenters. The maximum atomic E-state index is 12.2. The number of hydrogen-bond donors (Lipinski definition) is 2. The lowest BCUT2D eigenvalue weighted by molar-refractivity contribution is -0.116. The minimum atomic E-state index is -0.725. The Hall–Kier alpha value is -1.83. The van der Waals surface area contributed by atoms with Crippen LogP contribution in [0.4, 0.5) is 15.3 Å². The van der Waals surface area contributed by atoms with Crippen molar-refractivity contribution in [3.05, 3.63) is 28.2 Å². The van der Waals surface area contributed by atoms with Gasteiger partial charge in [-0.2, -0.15) is 0 Å². The molecule has 2 N–H and O–H groups in total. The summed E-state index contributed by atoms with van der Waals surface area (Å²) in [6.07, 6.45) is 0. The van der Waals surface area contributed by atoms with Crippen LogP contribution in [-0.4, -0.2) is 47.7 Å². The monoisotopic (exact) mass is 361 g/mol. The molecule has 1 fully saturated rings. The molecule has 0 aromatic heterocycles. The molecule has 1 heterocycles. The molecule has 0 bridgehead atoms. The van der Waals surface area contributed by atoms with E-state index in [0.29, 0.717) is 10.0 Å². The maximum Gasteiger partial charge on any atom is 0.340 e. The second-order valence-corrected chi connectivity index (χ2v) is 5.70. The van der Waals surface area contributed by atoms with Gasteiger partial charge in [-0.15, -0.1) is 0 Å². The van der Waals surface area contributed by atoms with Crippen molar-refractivity contribution in [1.29, 1.82) is 0 Å². The summed E-state index contributed by atoms with van der Waals surface area (Å²) < 4.78 is 0. The van der Waals surface area contributed by atoms with E-state index in [1.165, 1.54) is 18.2 Å². The summed E-state index contributed by atoms with van der Waals surface area (Å²) in [6.45, 7) is 3.20. The third-order valence-corrected chi connectivity index (χ3v) is 3.16. The summed E-state index contributed by atoms with van der Waals surface area (Å²) in [6, 6.07) is 2.88. The third kappa shape index (κ3) is 4.57. The molecule has 23 heavy (non-hydrogen) atoms. The van der Waals surface area contributed by atoms with Crippen LogP contribution in [-0.2, 0) is 4.79 Å². The van der Waals surface area contributed by atoms with Gasteiger partial charge in [0.1, 0.15) is 6.54 Å². The summed E-state index contributed by atoms with van der Waals surface area (Å²) in [7, 11) is 1.00. The number of aliphatic hydroxyl groups is 1. The van der Waals surface area contributed by atoms with Crippen LogP contribution in [0.3, 0.4) is 0 Å². The van der Waals surface area contributed by atoms with Crippen LogP contribution in [0.25, 0.3) is 0 Å². The number of anilines is 1. The van der Waals surface area contributed by atoms with Crippen molar-refractivity contribution in [1.82, 2.24) is 10.2 Å². The van der Waals surface area contributed by atoms with Gasteiger partial charge in [0, 0.05) is 23.2 Å². The molecule has 7 nitrogen and oxygen atoms in total. The Morgan fingerprint density at radius 3 is 2.17 bits per heavy atom. The predicted molar refractivity (Wildman–Crippen MR) is 87.9 cm³/mol. The Bertz CT molecular complexity index is 602. The number of carbonyl (C=O) groups excluding carboxylic acids is 3. The van der Waals surface area contributed by atoms with Crippen LogP contribution < -0.4 is 10.2 Å². The van der Waals surface area contributed by atoms with E-state index in [1.807, 2.05) is 0 Å². The molecule has 2 rings (SSSR count). The van der Waals surface area contributed by atoms with Gasteiger partial charge < -0.3 is 10.4 Å². The Morgan fingerprint density at radius 2 is 1.70 bits per heavy atom. The third-order valence-electron chi connectivity index (χ3n) is 2.73. The van der Waals surface area contributed by atoms with Crippen molar-refractivity contribution in [2.75, 3.05) is 18.6 Å². The number of benzene rings is 1. The van der Waals surface area contributed by atoms with Gasteiger partial charge in [0.2, 0.25) is 0 Å². The molecule has 126 valence electrons. The van der Waals surface area contributed by atoms with Crippen LogP contribution in [0.15, 0.2) is 18.2 Å². The van der Waals surface area contributed by atoms with Gasteiger partial charge in [0.25, 0.3) is 5.91 Å². The largest absolute Gasteiger partial charge is 0.400 e. The van der Waals surface area contributed by atoms with Crippen LogP contribution in [0.5, 0.6) is 0 Å². The zero-order valence-corrected chi connectivity index (χ0v) is 14.4. The van der Waals surface area contributed by atoms with Gasteiger partial charge in [0.15, 0.2) is 0 Å². The van der Waals surface area contributed by atoms with Gasteiger partial charge in [-0.05, 0) is 32.0 Å². The highest BCUT2D eigenvalue weighted by molar-refractivity contribution is 6.35. The van der Waals surface area contributed by atoms with Crippen molar-refractivity contribution in [3.63, 3.8) is 0 Å². The zero-order valence-electron chi connectivity index (χ0n) is 12.8. The SMILES string of the molecule is CC(C)NC(=O)N1CC(=O)N(c2cc(Cl)cc(Cl)c2)C1=O.CO. The lowest BCUT2D eigenvalue weighted by atomic mass is 10.3. The van der Waals surface area contributed by atoms with Gasteiger partial charge in [-0.3, -0.25) is 4.79 Å². The van der Waals surface area contributed by atoms with Gasteiger partial charge >= 0.3 is 12.1 Å². The van der Waals surface area contributed by atoms with Crippen LogP contribution >= 0.6 is 23.2 Å². The molecule has 0 spiro atoms. The van der Waals surface area contributed by atoms with Gasteiger partial charge in [-0.25, -0.2) is 19.4 Å². The second-order valence-electron chi connectivity index (χ2n) is 4.83. The Balaban J connectivity index is 0.00000127. The smallest absolute Gasteiger partial charge is 0.340 e. The van der Waals surface area contributed by atoms with Crippen molar-refractivity contribution in [2.45, 2.75) is 19.9 Å². The molecule has 0 radical (unpaired) electrons. The van der Waals surface area contributed by atoms with E-state index in [-0.39, 0.29) is 18.3 Å². The molecular weight excluding hydrogens is 345 g/mol. The lowest BCUT2D eigenvalue weighted by Crippen LogP contribution is -2.45. The van der Waals surface area contributed by atoms with E-state index in [2.05, 4.69) is 5.32 Å². The maximum absolute atomic E-state index is 12.2. The number of aliphatic hydroxyl groups excluding tert-OH is 1. The molecule has 0 unspecified atom stereocenters. The first-order chi connectivity index (χ1) is 10.8. The number of amides is 5. The Morgan fingerprint density at radius 1 is 1.17 bits per heavy atom. The highest BCUT2D eigenvalue weighted by atomic mass is 35.5. The molecule has 9 heteroatoms. The van der Waals surface area contributed by atoms with E-state index >= 15 is 0 Å². The van der Waals surface area contributed by atoms with Gasteiger partial charge in [0.05, 0.1) is 5.69 Å². The molecule has 1 aromatic carbocycles. The molecule has 0 aliphatic carbocycles. The van der Waals surface area contributed by atoms with E-state index in [0.717, 1.165) is 16.9 Å². The van der Waals surface area contributed by atoms with Crippen molar-refractivity contribution in [3.8, 4) is 0 Å². The average molecular weight is 362 g/mol. The fourth-order valence-corrected chi connectivity index (χ4v) is 2.42. The fraction of sp³-hybridized carbons (Fsp3) is 0.357. The number of halogens is 2. The first kappa shape index (κ1) is 19.2. The number of urea groups is 2. The molecule has 1 aromatic rings. The summed E-state index contributed by atoms with van der Waals surface area (Å²) in [5.41, 5.74) is 0.238.